The standard InChI is InChI=1S/C17H26O/c1-8-12-9-14(17(5,6)7)10-13(15(12)18)11-16(2,3)4/h8-10,18H,1,11H2,2-7H3. The molecule has 0 spiro atoms. The maximum Gasteiger partial charge on any atom is 0.125 e. The van der Waals surface area contributed by atoms with Crippen LogP contribution in [0.4, 0.5) is 0 Å². The van der Waals surface area contributed by atoms with Gasteiger partial charge in [0.25, 0.3) is 0 Å². The van der Waals surface area contributed by atoms with Gasteiger partial charge in [0, 0.05) is 5.56 Å². The maximum atomic E-state index is 10.3. The molecular formula is C17H26O. The summed E-state index contributed by atoms with van der Waals surface area (Å²) in [5, 5.41) is 10.3. The monoisotopic (exact) mass is 246 g/mol. The molecule has 0 amide bonds. The summed E-state index contributed by atoms with van der Waals surface area (Å²) in [7, 11) is 0. The number of hydrogen-bond donors (Lipinski definition) is 1. The number of aromatic hydroxyl groups is 1. The smallest absolute Gasteiger partial charge is 0.125 e. The molecule has 1 aromatic carbocycles. The lowest BCUT2D eigenvalue weighted by Gasteiger charge is -2.24. The molecule has 0 atom stereocenters. The third kappa shape index (κ3) is 3.63. The molecule has 1 aromatic rings. The predicted octanol–water partition coefficient (Wildman–Crippen LogP) is 4.92. The van der Waals surface area contributed by atoms with Crippen LogP contribution >= 0.6 is 0 Å². The van der Waals surface area contributed by atoms with Gasteiger partial charge >= 0.3 is 0 Å². The minimum atomic E-state index is 0.0814. The lowest BCUT2D eigenvalue weighted by molar-refractivity contribution is 0.393. The molecule has 1 heteroatoms. The number of hydrogen-bond acceptors (Lipinski definition) is 1. The van der Waals surface area contributed by atoms with Crippen molar-refractivity contribution < 1.29 is 5.11 Å². The molecule has 100 valence electrons. The highest BCUT2D eigenvalue weighted by molar-refractivity contribution is 5.60. The van der Waals surface area contributed by atoms with Crippen LogP contribution in [0.15, 0.2) is 18.7 Å². The molecule has 0 heterocycles. The van der Waals surface area contributed by atoms with Crippen LogP contribution in [0.5, 0.6) is 5.75 Å². The van der Waals surface area contributed by atoms with Crippen LogP contribution in [0.1, 0.15) is 58.2 Å². The largest absolute Gasteiger partial charge is 0.507 e. The molecule has 0 aliphatic rings. The van der Waals surface area contributed by atoms with Gasteiger partial charge in [0.2, 0.25) is 0 Å². The van der Waals surface area contributed by atoms with E-state index >= 15 is 0 Å². The van der Waals surface area contributed by atoms with Gasteiger partial charge in [-0.2, -0.15) is 0 Å². The van der Waals surface area contributed by atoms with Crippen molar-refractivity contribution in [1.82, 2.24) is 0 Å². The van der Waals surface area contributed by atoms with Crippen molar-refractivity contribution in [3.63, 3.8) is 0 Å². The summed E-state index contributed by atoms with van der Waals surface area (Å²) in [6.07, 6.45) is 2.60. The molecule has 18 heavy (non-hydrogen) atoms. The SMILES string of the molecule is C=Cc1cc(C(C)(C)C)cc(CC(C)(C)C)c1O. The van der Waals surface area contributed by atoms with Gasteiger partial charge < -0.3 is 5.11 Å². The first-order valence-corrected chi connectivity index (χ1v) is 6.53. The molecule has 0 saturated heterocycles. The summed E-state index contributed by atoms with van der Waals surface area (Å²) in [6.45, 7) is 16.9. The second kappa shape index (κ2) is 4.79. The van der Waals surface area contributed by atoms with E-state index in [0.717, 1.165) is 17.5 Å². The lowest BCUT2D eigenvalue weighted by atomic mass is 9.81. The van der Waals surface area contributed by atoms with Crippen LogP contribution in [-0.4, -0.2) is 5.11 Å². The van der Waals surface area contributed by atoms with Crippen LogP contribution in [0, 0.1) is 5.41 Å². The molecule has 1 N–H and O–H groups in total. The van der Waals surface area contributed by atoms with Crippen LogP contribution in [-0.2, 0) is 11.8 Å². The molecule has 1 nitrogen and oxygen atoms in total. The van der Waals surface area contributed by atoms with Crippen molar-refractivity contribution in [2.24, 2.45) is 5.41 Å². The fraction of sp³-hybridized carbons (Fsp3) is 0.529. The average molecular weight is 246 g/mol. The molecule has 0 bridgehead atoms. The zero-order valence-corrected chi connectivity index (χ0v) is 12.6. The highest BCUT2D eigenvalue weighted by Crippen LogP contribution is 2.35. The molecule has 1 rings (SSSR count). The van der Waals surface area contributed by atoms with Gasteiger partial charge in [-0.3, -0.25) is 0 Å². The molecule has 0 saturated carbocycles. The lowest BCUT2D eigenvalue weighted by Crippen LogP contribution is -2.14. The number of phenols is 1. The molecular weight excluding hydrogens is 220 g/mol. The van der Waals surface area contributed by atoms with Gasteiger partial charge in [0.1, 0.15) is 5.75 Å². The normalized spacial score (nSPS) is 12.6. The van der Waals surface area contributed by atoms with E-state index in [-0.39, 0.29) is 10.8 Å². The minimum Gasteiger partial charge on any atom is -0.507 e. The van der Waals surface area contributed by atoms with E-state index in [2.05, 4.69) is 54.2 Å². The average Bonchev–Trinajstić information content (AvgIpc) is 2.17. The number of benzene rings is 1. The van der Waals surface area contributed by atoms with Gasteiger partial charge in [-0.25, -0.2) is 0 Å². The van der Waals surface area contributed by atoms with Crippen LogP contribution in [0.25, 0.3) is 6.08 Å². The first-order valence-electron chi connectivity index (χ1n) is 6.53. The fourth-order valence-corrected chi connectivity index (χ4v) is 2.01. The van der Waals surface area contributed by atoms with E-state index < -0.39 is 0 Å². The minimum absolute atomic E-state index is 0.0814. The summed E-state index contributed by atoms with van der Waals surface area (Å²) in [5.74, 6) is 0.382. The summed E-state index contributed by atoms with van der Waals surface area (Å²) >= 11 is 0. The van der Waals surface area contributed by atoms with Crippen molar-refractivity contribution in [3.05, 3.63) is 35.4 Å². The topological polar surface area (TPSA) is 20.2 Å². The predicted molar refractivity (Wildman–Crippen MR) is 80.1 cm³/mol. The Labute approximate surface area is 112 Å². The summed E-state index contributed by atoms with van der Waals surface area (Å²) in [4.78, 5) is 0. The Bertz CT molecular complexity index is 442. The number of phenolic OH excluding ortho intramolecular Hbond substituents is 1. The highest BCUT2D eigenvalue weighted by Gasteiger charge is 2.20. The zero-order chi connectivity index (χ0) is 14.1. The van der Waals surface area contributed by atoms with Crippen molar-refractivity contribution in [1.29, 1.82) is 0 Å². The summed E-state index contributed by atoms with van der Waals surface area (Å²) < 4.78 is 0. The Morgan fingerprint density at radius 1 is 1.11 bits per heavy atom. The van der Waals surface area contributed by atoms with Crippen molar-refractivity contribution in [2.45, 2.75) is 53.4 Å². The van der Waals surface area contributed by atoms with Gasteiger partial charge in [-0.05, 0) is 34.4 Å². The first-order chi connectivity index (χ1) is 8.04. The van der Waals surface area contributed by atoms with Gasteiger partial charge in [0.05, 0.1) is 0 Å². The van der Waals surface area contributed by atoms with Gasteiger partial charge in [0.15, 0.2) is 0 Å². The summed E-state index contributed by atoms with van der Waals surface area (Å²) in [5.41, 5.74) is 3.34. The van der Waals surface area contributed by atoms with Crippen LogP contribution < -0.4 is 0 Å². The first kappa shape index (κ1) is 14.8. The third-order valence-corrected chi connectivity index (χ3v) is 3.03. The molecule has 0 aliphatic heterocycles. The van der Waals surface area contributed by atoms with E-state index in [1.54, 1.807) is 6.08 Å². The van der Waals surface area contributed by atoms with E-state index in [1.807, 2.05) is 6.07 Å². The van der Waals surface area contributed by atoms with E-state index in [9.17, 15) is 5.11 Å². The highest BCUT2D eigenvalue weighted by atomic mass is 16.3. The molecule has 0 radical (unpaired) electrons. The molecule has 0 aromatic heterocycles. The summed E-state index contributed by atoms with van der Waals surface area (Å²) in [6, 6.07) is 4.17. The Kier molecular flexibility index (Phi) is 3.95. The van der Waals surface area contributed by atoms with E-state index in [0.29, 0.717) is 5.75 Å². The molecule has 0 unspecified atom stereocenters. The molecule has 0 fully saturated rings. The Morgan fingerprint density at radius 3 is 2.06 bits per heavy atom. The Hall–Kier alpha value is -1.24. The maximum absolute atomic E-state index is 10.3. The van der Waals surface area contributed by atoms with E-state index in [4.69, 9.17) is 0 Å². The zero-order valence-electron chi connectivity index (χ0n) is 12.6. The van der Waals surface area contributed by atoms with E-state index in [1.165, 1.54) is 5.56 Å². The van der Waals surface area contributed by atoms with Crippen molar-refractivity contribution >= 4 is 6.08 Å². The van der Waals surface area contributed by atoms with Crippen LogP contribution in [0.3, 0.4) is 0 Å². The quantitative estimate of drug-likeness (QED) is 0.785. The second-order valence-corrected chi connectivity index (χ2v) is 7.26. The van der Waals surface area contributed by atoms with Gasteiger partial charge in [-0.1, -0.05) is 60.3 Å². The molecule has 0 aliphatic carbocycles. The number of rotatable bonds is 2. The Balaban J connectivity index is 3.37. The van der Waals surface area contributed by atoms with Crippen molar-refractivity contribution in [3.8, 4) is 5.75 Å². The van der Waals surface area contributed by atoms with Gasteiger partial charge in [-0.15, -0.1) is 0 Å². The third-order valence-electron chi connectivity index (χ3n) is 3.03. The van der Waals surface area contributed by atoms with Crippen LogP contribution in [0.2, 0.25) is 0 Å². The second-order valence-electron chi connectivity index (χ2n) is 7.26. The van der Waals surface area contributed by atoms with Crippen molar-refractivity contribution in [2.75, 3.05) is 0 Å². The Morgan fingerprint density at radius 2 is 1.67 bits per heavy atom. The fourth-order valence-electron chi connectivity index (χ4n) is 2.01.